The van der Waals surface area contributed by atoms with Crippen LogP contribution in [-0.4, -0.2) is 49.4 Å². The summed E-state index contributed by atoms with van der Waals surface area (Å²) in [6.07, 6.45) is 4.87. The van der Waals surface area contributed by atoms with E-state index in [-0.39, 0.29) is 23.9 Å². The fourth-order valence-electron chi connectivity index (χ4n) is 4.87. The van der Waals surface area contributed by atoms with Crippen molar-refractivity contribution >= 4 is 28.5 Å². The van der Waals surface area contributed by atoms with Gasteiger partial charge < -0.3 is 10.6 Å². The van der Waals surface area contributed by atoms with Crippen LogP contribution in [0.1, 0.15) is 41.2 Å². The molecule has 0 bridgehead atoms. The summed E-state index contributed by atoms with van der Waals surface area (Å²) in [6, 6.07) is 10.4. The molecule has 5 rings (SSSR count). The molecule has 8 nitrogen and oxygen atoms in total. The van der Waals surface area contributed by atoms with Crippen LogP contribution in [0.3, 0.4) is 0 Å². The zero-order chi connectivity index (χ0) is 26.8. The molecule has 0 unspecified atom stereocenters. The highest BCUT2D eigenvalue weighted by Gasteiger charge is 2.28. The second-order valence-corrected chi connectivity index (χ2v) is 9.28. The topological polar surface area (TPSA) is 107 Å². The zero-order valence-corrected chi connectivity index (χ0v) is 20.6. The molecular weight excluding hydrogens is 490 g/mol. The number of nitrogens with zero attached hydrogens (tertiary/aromatic N) is 5. The number of aromatic nitrogens is 4. The summed E-state index contributed by atoms with van der Waals surface area (Å²) in [5.74, 6) is -1.78. The summed E-state index contributed by atoms with van der Waals surface area (Å²) in [6.45, 7) is 4.75. The van der Waals surface area contributed by atoms with Crippen molar-refractivity contribution in [1.82, 2.24) is 24.6 Å². The van der Waals surface area contributed by atoms with Crippen molar-refractivity contribution < 1.29 is 18.4 Å². The maximum absolute atomic E-state index is 13.9. The van der Waals surface area contributed by atoms with E-state index in [0.717, 1.165) is 30.0 Å². The SMILES string of the molecule is C=CC(=O)N1CCC[C@@H](n2nc(-c3ccc(CCC(=O)c4ccc(F)cc4F)cc3)c3c(N)ncnc32)C1. The molecule has 1 aliphatic heterocycles. The van der Waals surface area contributed by atoms with E-state index in [4.69, 9.17) is 10.8 Å². The van der Waals surface area contributed by atoms with E-state index in [1.54, 1.807) is 4.90 Å². The number of likely N-dealkylation sites (tertiary alicyclic amines) is 1. The van der Waals surface area contributed by atoms with E-state index < -0.39 is 17.4 Å². The number of carbonyl (C=O) groups is 2. The molecule has 194 valence electrons. The predicted molar refractivity (Wildman–Crippen MR) is 139 cm³/mol. The molecule has 0 aliphatic carbocycles. The van der Waals surface area contributed by atoms with E-state index >= 15 is 0 Å². The molecule has 38 heavy (non-hydrogen) atoms. The van der Waals surface area contributed by atoms with E-state index in [9.17, 15) is 18.4 Å². The van der Waals surface area contributed by atoms with Gasteiger partial charge in [0.05, 0.1) is 17.0 Å². The van der Waals surface area contributed by atoms with Crippen LogP contribution in [0.4, 0.5) is 14.6 Å². The molecule has 4 aromatic rings. The maximum atomic E-state index is 13.9. The highest BCUT2D eigenvalue weighted by atomic mass is 19.1. The fourth-order valence-corrected chi connectivity index (χ4v) is 4.87. The number of piperidine rings is 1. The van der Waals surface area contributed by atoms with Crippen molar-refractivity contribution in [2.45, 2.75) is 31.7 Å². The molecule has 3 heterocycles. The molecule has 2 N–H and O–H groups in total. The Bertz CT molecular complexity index is 1530. The van der Waals surface area contributed by atoms with Gasteiger partial charge in [0.15, 0.2) is 11.4 Å². The average Bonchev–Trinajstić information content (AvgIpc) is 3.33. The van der Waals surface area contributed by atoms with Gasteiger partial charge in [0.1, 0.15) is 29.5 Å². The molecule has 1 atom stereocenters. The summed E-state index contributed by atoms with van der Waals surface area (Å²) >= 11 is 0. The van der Waals surface area contributed by atoms with Crippen LogP contribution in [0.5, 0.6) is 0 Å². The Morgan fingerprint density at radius 1 is 1.13 bits per heavy atom. The van der Waals surface area contributed by atoms with Gasteiger partial charge >= 0.3 is 0 Å². The lowest BCUT2D eigenvalue weighted by atomic mass is 10.0. The molecule has 2 aromatic heterocycles. The normalized spacial score (nSPS) is 15.5. The van der Waals surface area contributed by atoms with E-state index in [2.05, 4.69) is 16.5 Å². The molecule has 10 heteroatoms. The number of anilines is 1. The first-order chi connectivity index (χ1) is 18.4. The minimum Gasteiger partial charge on any atom is -0.383 e. The Balaban J connectivity index is 1.39. The van der Waals surface area contributed by atoms with Gasteiger partial charge in [0.2, 0.25) is 5.91 Å². The molecule has 1 aliphatic rings. The number of Topliss-reactive ketones (excluding diaryl/α,β-unsaturated/α-hetero) is 1. The van der Waals surface area contributed by atoms with Crippen molar-refractivity contribution in [2.24, 2.45) is 0 Å². The predicted octanol–water partition coefficient (Wildman–Crippen LogP) is 4.52. The van der Waals surface area contributed by atoms with Crippen LogP contribution in [0.15, 0.2) is 61.4 Å². The van der Waals surface area contributed by atoms with Gasteiger partial charge in [-0.2, -0.15) is 5.10 Å². The number of nitrogens with two attached hydrogens (primary N) is 1. The van der Waals surface area contributed by atoms with Crippen molar-refractivity contribution in [3.63, 3.8) is 0 Å². The van der Waals surface area contributed by atoms with Crippen molar-refractivity contribution in [1.29, 1.82) is 0 Å². The average molecular weight is 517 g/mol. The lowest BCUT2D eigenvalue weighted by Crippen LogP contribution is -2.40. The first-order valence-corrected chi connectivity index (χ1v) is 12.3. The Morgan fingerprint density at radius 2 is 1.92 bits per heavy atom. The van der Waals surface area contributed by atoms with Crippen LogP contribution in [0, 0.1) is 11.6 Å². The third-order valence-corrected chi connectivity index (χ3v) is 6.85. The molecule has 1 fully saturated rings. The summed E-state index contributed by atoms with van der Waals surface area (Å²) in [5.41, 5.74) is 9.03. The lowest BCUT2D eigenvalue weighted by molar-refractivity contribution is -0.127. The van der Waals surface area contributed by atoms with Crippen molar-refractivity contribution in [2.75, 3.05) is 18.8 Å². The largest absolute Gasteiger partial charge is 0.383 e. The lowest BCUT2D eigenvalue weighted by Gasteiger charge is -2.32. The number of nitrogen functional groups attached to an aromatic ring is 1. The first kappa shape index (κ1) is 25.2. The smallest absolute Gasteiger partial charge is 0.246 e. The minimum atomic E-state index is -0.859. The molecule has 0 saturated carbocycles. The number of aryl methyl sites for hydroxylation is 1. The van der Waals surface area contributed by atoms with Gasteiger partial charge in [-0.1, -0.05) is 30.8 Å². The summed E-state index contributed by atoms with van der Waals surface area (Å²) in [4.78, 5) is 35.0. The molecule has 1 amide bonds. The highest BCUT2D eigenvalue weighted by Crippen LogP contribution is 2.34. The molecule has 1 saturated heterocycles. The van der Waals surface area contributed by atoms with Crippen LogP contribution in [0.25, 0.3) is 22.3 Å². The molecule has 0 radical (unpaired) electrons. The number of hydrogen-bond acceptors (Lipinski definition) is 6. The fraction of sp³-hybridized carbons (Fsp3) is 0.250. The van der Waals surface area contributed by atoms with Crippen LogP contribution in [-0.2, 0) is 11.2 Å². The third kappa shape index (κ3) is 4.89. The van der Waals surface area contributed by atoms with Gasteiger partial charge in [-0.3, -0.25) is 9.59 Å². The zero-order valence-electron chi connectivity index (χ0n) is 20.6. The van der Waals surface area contributed by atoms with E-state index in [1.165, 1.54) is 18.5 Å². The summed E-state index contributed by atoms with van der Waals surface area (Å²) in [5, 5.41) is 5.50. The number of benzene rings is 2. The second-order valence-electron chi connectivity index (χ2n) is 9.28. The van der Waals surface area contributed by atoms with E-state index in [0.29, 0.717) is 48.1 Å². The van der Waals surface area contributed by atoms with Gasteiger partial charge in [-0.15, -0.1) is 0 Å². The Morgan fingerprint density at radius 3 is 2.66 bits per heavy atom. The minimum absolute atomic E-state index is 0.0738. The van der Waals surface area contributed by atoms with Gasteiger partial charge in [0.25, 0.3) is 0 Å². The van der Waals surface area contributed by atoms with Crippen molar-refractivity contribution in [3.8, 4) is 11.3 Å². The number of carbonyl (C=O) groups excluding carboxylic acids is 2. The monoisotopic (exact) mass is 516 g/mol. The molecular formula is C28H26F2N6O2. The molecule has 2 aromatic carbocycles. The summed E-state index contributed by atoms with van der Waals surface area (Å²) < 4.78 is 28.9. The van der Waals surface area contributed by atoms with Gasteiger partial charge in [-0.05, 0) is 43.0 Å². The second kappa shape index (κ2) is 10.5. The number of halogens is 2. The van der Waals surface area contributed by atoms with Gasteiger partial charge in [0, 0.05) is 31.1 Å². The van der Waals surface area contributed by atoms with Crippen LogP contribution < -0.4 is 5.73 Å². The number of amides is 1. The quantitative estimate of drug-likeness (QED) is 0.286. The standard InChI is InChI=1S/C28H26F2N6O2/c1-2-24(38)35-13-3-4-20(15-35)36-28-25(27(31)32-16-33-28)26(34-36)18-8-5-17(6-9-18)7-12-23(37)21-11-10-19(29)14-22(21)30/h2,5-6,8-11,14,16,20H,1,3-4,7,12-13,15H2,(H2,31,32,33)/t20-/m1/s1. The van der Waals surface area contributed by atoms with Crippen LogP contribution in [0.2, 0.25) is 0 Å². The summed E-state index contributed by atoms with van der Waals surface area (Å²) in [7, 11) is 0. The van der Waals surface area contributed by atoms with E-state index in [1.807, 2.05) is 28.9 Å². The van der Waals surface area contributed by atoms with Crippen LogP contribution >= 0.6 is 0 Å². The number of hydrogen-bond donors (Lipinski definition) is 1. The first-order valence-electron chi connectivity index (χ1n) is 12.3. The highest BCUT2D eigenvalue weighted by molar-refractivity contribution is 5.98. The maximum Gasteiger partial charge on any atom is 0.246 e. The van der Waals surface area contributed by atoms with Crippen molar-refractivity contribution in [3.05, 3.63) is 84.2 Å². The molecule has 0 spiro atoms. The number of ketones is 1. The Kier molecular flexibility index (Phi) is 6.95. The Labute approximate surface area is 217 Å². The van der Waals surface area contributed by atoms with Gasteiger partial charge in [-0.25, -0.2) is 23.4 Å². The number of rotatable bonds is 7. The third-order valence-electron chi connectivity index (χ3n) is 6.85. The number of fused-ring (bicyclic) bond motifs is 1. The Hall–Kier alpha value is -4.47.